The molecule has 1 N–H and O–H groups in total. The first-order chi connectivity index (χ1) is 12.4. The maximum atomic E-state index is 12.3. The van der Waals surface area contributed by atoms with Crippen molar-refractivity contribution in [3.8, 4) is 5.75 Å². The summed E-state index contributed by atoms with van der Waals surface area (Å²) < 4.78 is 14.3. The molecule has 0 fully saturated rings. The number of nitrogens with zero attached hydrogens (tertiary/aromatic N) is 1. The highest BCUT2D eigenvalue weighted by molar-refractivity contribution is 5.98. The Kier molecular flexibility index (Phi) is 6.00. The van der Waals surface area contributed by atoms with E-state index < -0.39 is 23.8 Å². The van der Waals surface area contributed by atoms with E-state index >= 15 is 0 Å². The van der Waals surface area contributed by atoms with E-state index in [-0.39, 0.29) is 23.4 Å². The summed E-state index contributed by atoms with van der Waals surface area (Å²) in [6.07, 6.45) is 2.85. The van der Waals surface area contributed by atoms with Crippen LogP contribution >= 0.6 is 0 Å². The van der Waals surface area contributed by atoms with Gasteiger partial charge in [-0.2, -0.15) is 0 Å². The fourth-order valence-corrected chi connectivity index (χ4v) is 2.62. The number of aromatic hydroxyl groups is 1. The van der Waals surface area contributed by atoms with Gasteiger partial charge in [-0.25, -0.2) is 9.59 Å². The van der Waals surface area contributed by atoms with E-state index in [1.807, 2.05) is 0 Å². The molecule has 1 aliphatic rings. The summed E-state index contributed by atoms with van der Waals surface area (Å²) in [4.78, 5) is 37.6. The molecule has 1 aliphatic heterocycles. The van der Waals surface area contributed by atoms with Crippen molar-refractivity contribution >= 4 is 17.9 Å². The third-order valence-corrected chi connectivity index (χ3v) is 3.84. The number of rotatable bonds is 5. The number of phenols is 1. The Hall–Kier alpha value is -3.29. The summed E-state index contributed by atoms with van der Waals surface area (Å²) in [5.74, 6) is -2.60. The van der Waals surface area contributed by atoms with Gasteiger partial charge < -0.3 is 24.2 Å². The zero-order chi connectivity index (χ0) is 19.3. The van der Waals surface area contributed by atoms with Crippen molar-refractivity contribution in [3.05, 3.63) is 53.4 Å². The van der Waals surface area contributed by atoms with Crippen LogP contribution in [0.3, 0.4) is 0 Å². The van der Waals surface area contributed by atoms with E-state index in [0.717, 1.165) is 0 Å². The molecule has 138 valence electrons. The minimum absolute atomic E-state index is 0.0454. The van der Waals surface area contributed by atoms with E-state index in [2.05, 4.69) is 4.74 Å². The first-order valence-corrected chi connectivity index (χ1v) is 7.62. The second kappa shape index (κ2) is 8.19. The van der Waals surface area contributed by atoms with Crippen LogP contribution in [0.15, 0.2) is 47.8 Å². The van der Waals surface area contributed by atoms with Crippen molar-refractivity contribution in [2.75, 3.05) is 27.9 Å². The lowest BCUT2D eigenvalue weighted by Gasteiger charge is -2.29. The van der Waals surface area contributed by atoms with Crippen LogP contribution in [0.25, 0.3) is 0 Å². The monoisotopic (exact) mass is 361 g/mol. The molecule has 0 saturated heterocycles. The molecule has 0 spiro atoms. The highest BCUT2D eigenvalue weighted by atomic mass is 16.5. The summed E-state index contributed by atoms with van der Waals surface area (Å²) >= 11 is 0. The van der Waals surface area contributed by atoms with Crippen LogP contribution in [0.1, 0.15) is 11.5 Å². The Balaban J connectivity index is 2.56. The standard InChI is InChI=1S/C18H19NO7/c1-24-15(21)10-19-8-13(17(22)25-2)16(14(9-19)18(23)26-3)11-4-6-12(20)7-5-11/h4-9,16,20H,10H2,1-3H3. The van der Waals surface area contributed by atoms with Crippen molar-refractivity contribution < 1.29 is 33.7 Å². The summed E-state index contributed by atoms with van der Waals surface area (Å²) in [6.45, 7) is -0.195. The molecule has 8 heteroatoms. The van der Waals surface area contributed by atoms with Crippen LogP contribution in [-0.4, -0.2) is 55.8 Å². The number of hydrogen-bond acceptors (Lipinski definition) is 8. The molecule has 8 nitrogen and oxygen atoms in total. The molecule has 0 aromatic heterocycles. The van der Waals surface area contributed by atoms with Gasteiger partial charge in [0.2, 0.25) is 0 Å². The second-order valence-corrected chi connectivity index (χ2v) is 5.43. The number of ether oxygens (including phenoxy) is 3. The molecule has 0 radical (unpaired) electrons. The average Bonchev–Trinajstić information content (AvgIpc) is 2.66. The van der Waals surface area contributed by atoms with E-state index in [9.17, 15) is 19.5 Å². The topological polar surface area (TPSA) is 102 Å². The average molecular weight is 361 g/mol. The zero-order valence-corrected chi connectivity index (χ0v) is 14.6. The van der Waals surface area contributed by atoms with Gasteiger partial charge in [-0.3, -0.25) is 4.79 Å². The highest BCUT2D eigenvalue weighted by Gasteiger charge is 2.35. The van der Waals surface area contributed by atoms with E-state index in [1.165, 1.54) is 50.8 Å². The lowest BCUT2D eigenvalue weighted by Crippen LogP contribution is -2.31. The van der Waals surface area contributed by atoms with Crippen LogP contribution in [0.5, 0.6) is 5.75 Å². The molecule has 1 heterocycles. The van der Waals surface area contributed by atoms with Gasteiger partial charge in [0.05, 0.1) is 38.4 Å². The molecule has 0 amide bonds. The minimum atomic E-state index is -0.774. The van der Waals surface area contributed by atoms with Gasteiger partial charge in [0.1, 0.15) is 12.3 Å². The molecule has 26 heavy (non-hydrogen) atoms. The van der Waals surface area contributed by atoms with Crippen LogP contribution in [-0.2, 0) is 28.6 Å². The highest BCUT2D eigenvalue weighted by Crippen LogP contribution is 2.37. The summed E-state index contributed by atoms with van der Waals surface area (Å²) in [5.41, 5.74) is 0.865. The molecular formula is C18H19NO7. The molecule has 0 bridgehead atoms. The number of carbonyl (C=O) groups excluding carboxylic acids is 3. The van der Waals surface area contributed by atoms with E-state index in [0.29, 0.717) is 5.56 Å². The fourth-order valence-electron chi connectivity index (χ4n) is 2.62. The Morgan fingerprint density at radius 1 is 0.923 bits per heavy atom. The number of esters is 3. The largest absolute Gasteiger partial charge is 0.508 e. The van der Waals surface area contributed by atoms with Gasteiger partial charge >= 0.3 is 17.9 Å². The lowest BCUT2D eigenvalue weighted by molar-refractivity contribution is -0.142. The van der Waals surface area contributed by atoms with Gasteiger partial charge in [0.25, 0.3) is 0 Å². The smallest absolute Gasteiger partial charge is 0.336 e. The molecule has 0 unspecified atom stereocenters. The van der Waals surface area contributed by atoms with Gasteiger partial charge in [-0.15, -0.1) is 0 Å². The lowest BCUT2D eigenvalue weighted by atomic mass is 9.83. The van der Waals surface area contributed by atoms with Gasteiger partial charge in [-0.1, -0.05) is 12.1 Å². The van der Waals surface area contributed by atoms with Crippen molar-refractivity contribution in [2.45, 2.75) is 5.92 Å². The van der Waals surface area contributed by atoms with Gasteiger partial charge in [0.15, 0.2) is 0 Å². The minimum Gasteiger partial charge on any atom is -0.508 e. The van der Waals surface area contributed by atoms with Gasteiger partial charge in [0, 0.05) is 12.4 Å². The van der Waals surface area contributed by atoms with Crippen LogP contribution in [0.2, 0.25) is 0 Å². The quantitative estimate of drug-likeness (QED) is 0.614. The molecule has 1 aromatic carbocycles. The SMILES string of the molecule is COC(=O)CN1C=C(C(=O)OC)C(c2ccc(O)cc2)C(C(=O)OC)=C1. The number of methoxy groups -OCH3 is 3. The normalized spacial score (nSPS) is 14.2. The Bertz CT molecular complexity index is 730. The number of carbonyl (C=O) groups is 3. The molecule has 0 atom stereocenters. The van der Waals surface area contributed by atoms with E-state index in [1.54, 1.807) is 12.1 Å². The summed E-state index contributed by atoms with van der Waals surface area (Å²) in [7, 11) is 3.68. The third kappa shape index (κ3) is 4.02. The number of phenolic OH excluding ortho intramolecular Hbond substituents is 1. The van der Waals surface area contributed by atoms with Crippen LogP contribution in [0.4, 0.5) is 0 Å². The van der Waals surface area contributed by atoms with Crippen molar-refractivity contribution in [2.24, 2.45) is 0 Å². The number of benzene rings is 1. The van der Waals surface area contributed by atoms with E-state index in [4.69, 9.17) is 9.47 Å². The van der Waals surface area contributed by atoms with Crippen molar-refractivity contribution in [3.63, 3.8) is 0 Å². The summed E-state index contributed by atoms with van der Waals surface area (Å²) in [5, 5.41) is 9.49. The molecule has 0 aliphatic carbocycles. The fraction of sp³-hybridized carbons (Fsp3) is 0.278. The predicted molar refractivity (Wildman–Crippen MR) is 89.8 cm³/mol. The predicted octanol–water partition coefficient (Wildman–Crippen LogP) is 1.08. The molecular weight excluding hydrogens is 342 g/mol. The first-order valence-electron chi connectivity index (χ1n) is 7.62. The molecule has 0 saturated carbocycles. The van der Waals surface area contributed by atoms with Crippen LogP contribution < -0.4 is 0 Å². The Morgan fingerprint density at radius 2 is 1.42 bits per heavy atom. The number of hydrogen-bond donors (Lipinski definition) is 1. The maximum absolute atomic E-state index is 12.3. The third-order valence-electron chi connectivity index (χ3n) is 3.84. The van der Waals surface area contributed by atoms with Crippen molar-refractivity contribution in [1.82, 2.24) is 4.90 Å². The Labute approximate surface area is 150 Å². The van der Waals surface area contributed by atoms with Gasteiger partial charge in [-0.05, 0) is 17.7 Å². The Morgan fingerprint density at radius 3 is 1.85 bits per heavy atom. The van der Waals surface area contributed by atoms with Crippen LogP contribution in [0, 0.1) is 0 Å². The zero-order valence-electron chi connectivity index (χ0n) is 14.6. The second-order valence-electron chi connectivity index (χ2n) is 5.43. The molecule has 2 rings (SSSR count). The maximum Gasteiger partial charge on any atom is 0.336 e. The summed E-state index contributed by atoms with van der Waals surface area (Å²) in [6, 6.07) is 6.06. The first kappa shape index (κ1) is 19.0. The van der Waals surface area contributed by atoms with Crippen molar-refractivity contribution in [1.29, 1.82) is 0 Å². The molecule has 1 aromatic rings.